The molecule has 0 aliphatic carbocycles. The molecule has 0 amide bonds. The zero-order valence-electron chi connectivity index (χ0n) is 14.0. The minimum Gasteiger partial charge on any atom is -0.368 e. The third-order valence-electron chi connectivity index (χ3n) is 3.42. The summed E-state index contributed by atoms with van der Waals surface area (Å²) in [6, 6.07) is 0. The number of aryl methyl sites for hydroxylation is 2. The summed E-state index contributed by atoms with van der Waals surface area (Å²) in [5.41, 5.74) is 2.16. The van der Waals surface area contributed by atoms with Gasteiger partial charge in [0.2, 0.25) is 5.95 Å². The molecule has 3 heterocycles. The SMILES string of the molecule is Cc1nc(CCNc2ncc(Cl)c(NCCc3csc(C)n3)n2)cs1. The number of rotatable bonds is 8. The van der Waals surface area contributed by atoms with Gasteiger partial charge >= 0.3 is 0 Å². The average Bonchev–Trinajstić information content (AvgIpc) is 3.18. The summed E-state index contributed by atoms with van der Waals surface area (Å²) in [6.45, 7) is 5.46. The van der Waals surface area contributed by atoms with E-state index in [0.29, 0.717) is 16.8 Å². The van der Waals surface area contributed by atoms with Crippen LogP contribution in [0, 0.1) is 13.8 Å². The van der Waals surface area contributed by atoms with Gasteiger partial charge in [0.05, 0.1) is 27.6 Å². The van der Waals surface area contributed by atoms with Crippen molar-refractivity contribution in [1.82, 2.24) is 19.9 Å². The number of anilines is 2. The lowest BCUT2D eigenvalue weighted by molar-refractivity contribution is 0.937. The molecular weight excluding hydrogens is 376 g/mol. The number of halogens is 1. The van der Waals surface area contributed by atoms with Gasteiger partial charge in [-0.1, -0.05) is 11.6 Å². The molecule has 0 saturated heterocycles. The van der Waals surface area contributed by atoms with Gasteiger partial charge in [-0.3, -0.25) is 0 Å². The molecule has 0 fully saturated rings. The molecule has 132 valence electrons. The third kappa shape index (κ3) is 5.35. The van der Waals surface area contributed by atoms with Crippen molar-refractivity contribution < 1.29 is 0 Å². The molecule has 3 aromatic rings. The molecule has 0 atom stereocenters. The summed E-state index contributed by atoms with van der Waals surface area (Å²) >= 11 is 9.50. The van der Waals surface area contributed by atoms with Gasteiger partial charge in [0.15, 0.2) is 0 Å². The number of hydrogen-bond acceptors (Lipinski definition) is 8. The van der Waals surface area contributed by atoms with Crippen molar-refractivity contribution in [2.45, 2.75) is 26.7 Å². The van der Waals surface area contributed by atoms with E-state index in [4.69, 9.17) is 11.6 Å². The van der Waals surface area contributed by atoms with Crippen LogP contribution in [0.4, 0.5) is 11.8 Å². The highest BCUT2D eigenvalue weighted by Gasteiger charge is 2.06. The summed E-state index contributed by atoms with van der Waals surface area (Å²) in [5, 5.41) is 13.3. The summed E-state index contributed by atoms with van der Waals surface area (Å²) in [5.74, 6) is 1.19. The Morgan fingerprint density at radius 1 is 0.920 bits per heavy atom. The summed E-state index contributed by atoms with van der Waals surface area (Å²) < 4.78 is 0. The van der Waals surface area contributed by atoms with E-state index in [1.54, 1.807) is 28.9 Å². The Morgan fingerprint density at radius 2 is 1.52 bits per heavy atom. The van der Waals surface area contributed by atoms with Crippen LogP contribution in [-0.2, 0) is 12.8 Å². The molecule has 3 aromatic heterocycles. The van der Waals surface area contributed by atoms with E-state index in [1.165, 1.54) is 0 Å². The van der Waals surface area contributed by atoms with Crippen molar-refractivity contribution in [3.8, 4) is 0 Å². The highest BCUT2D eigenvalue weighted by molar-refractivity contribution is 7.09. The van der Waals surface area contributed by atoms with E-state index in [1.807, 2.05) is 13.8 Å². The predicted molar refractivity (Wildman–Crippen MR) is 105 cm³/mol. The van der Waals surface area contributed by atoms with Crippen LogP contribution >= 0.6 is 34.3 Å². The third-order valence-corrected chi connectivity index (χ3v) is 5.34. The van der Waals surface area contributed by atoms with Crippen molar-refractivity contribution in [3.63, 3.8) is 0 Å². The van der Waals surface area contributed by atoms with Gasteiger partial charge in [0.1, 0.15) is 10.8 Å². The van der Waals surface area contributed by atoms with Crippen LogP contribution in [0.1, 0.15) is 21.4 Å². The molecule has 0 spiro atoms. The Bertz CT molecular complexity index is 832. The molecule has 2 N–H and O–H groups in total. The number of nitrogens with zero attached hydrogens (tertiary/aromatic N) is 4. The number of aromatic nitrogens is 4. The van der Waals surface area contributed by atoms with Crippen LogP contribution in [0.25, 0.3) is 0 Å². The zero-order chi connectivity index (χ0) is 17.6. The minimum atomic E-state index is 0.509. The number of hydrogen-bond donors (Lipinski definition) is 2. The van der Waals surface area contributed by atoms with Crippen molar-refractivity contribution in [2.24, 2.45) is 0 Å². The van der Waals surface area contributed by atoms with Crippen molar-refractivity contribution >= 4 is 46.0 Å². The second-order valence-electron chi connectivity index (χ2n) is 5.46. The van der Waals surface area contributed by atoms with Gasteiger partial charge in [-0.05, 0) is 13.8 Å². The molecule has 3 rings (SSSR count). The van der Waals surface area contributed by atoms with Gasteiger partial charge in [-0.25, -0.2) is 15.0 Å². The molecule has 0 aromatic carbocycles. The molecule has 25 heavy (non-hydrogen) atoms. The second-order valence-corrected chi connectivity index (χ2v) is 7.99. The smallest absolute Gasteiger partial charge is 0.224 e. The Hall–Kier alpha value is -1.77. The van der Waals surface area contributed by atoms with Gasteiger partial charge in [0.25, 0.3) is 0 Å². The lowest BCUT2D eigenvalue weighted by Gasteiger charge is -2.09. The predicted octanol–water partition coefficient (Wildman–Crippen LogP) is 3.97. The molecule has 0 saturated carbocycles. The zero-order valence-corrected chi connectivity index (χ0v) is 16.4. The van der Waals surface area contributed by atoms with E-state index >= 15 is 0 Å². The second kappa shape index (κ2) is 8.55. The van der Waals surface area contributed by atoms with Gasteiger partial charge in [-0.15, -0.1) is 22.7 Å². The first-order valence-corrected chi connectivity index (χ1v) is 10.1. The van der Waals surface area contributed by atoms with Crippen LogP contribution in [-0.4, -0.2) is 33.0 Å². The Morgan fingerprint density at radius 3 is 2.08 bits per heavy atom. The van der Waals surface area contributed by atoms with Crippen LogP contribution in [0.2, 0.25) is 5.02 Å². The maximum atomic E-state index is 6.18. The highest BCUT2D eigenvalue weighted by Crippen LogP contribution is 2.19. The van der Waals surface area contributed by atoms with E-state index < -0.39 is 0 Å². The molecule has 0 unspecified atom stereocenters. The number of thiazole rings is 2. The molecule has 0 aliphatic heterocycles. The van der Waals surface area contributed by atoms with Crippen LogP contribution in [0.15, 0.2) is 17.0 Å². The maximum Gasteiger partial charge on any atom is 0.224 e. The van der Waals surface area contributed by atoms with Gasteiger partial charge in [-0.2, -0.15) is 4.98 Å². The first-order valence-electron chi connectivity index (χ1n) is 7.92. The van der Waals surface area contributed by atoms with E-state index in [0.717, 1.165) is 47.3 Å². The Labute approximate surface area is 159 Å². The van der Waals surface area contributed by atoms with Crippen LogP contribution in [0.3, 0.4) is 0 Å². The molecule has 6 nitrogen and oxygen atoms in total. The summed E-state index contributed by atoms with van der Waals surface area (Å²) in [7, 11) is 0. The lowest BCUT2D eigenvalue weighted by atomic mass is 10.3. The quantitative estimate of drug-likeness (QED) is 0.602. The van der Waals surface area contributed by atoms with E-state index in [-0.39, 0.29) is 0 Å². The fourth-order valence-corrected chi connectivity index (χ4v) is 3.69. The Balaban J connectivity index is 1.50. The summed E-state index contributed by atoms with van der Waals surface area (Å²) in [4.78, 5) is 17.6. The van der Waals surface area contributed by atoms with Crippen LogP contribution in [0.5, 0.6) is 0 Å². The largest absolute Gasteiger partial charge is 0.368 e. The van der Waals surface area contributed by atoms with Crippen molar-refractivity contribution in [1.29, 1.82) is 0 Å². The lowest BCUT2D eigenvalue weighted by Crippen LogP contribution is -2.11. The molecule has 0 aliphatic rings. The summed E-state index contributed by atoms with van der Waals surface area (Å²) in [6.07, 6.45) is 3.28. The number of nitrogens with one attached hydrogen (secondary N) is 2. The van der Waals surface area contributed by atoms with Crippen molar-refractivity contribution in [3.05, 3.63) is 43.4 Å². The molecule has 9 heteroatoms. The van der Waals surface area contributed by atoms with E-state index in [2.05, 4.69) is 41.3 Å². The molecule has 0 bridgehead atoms. The maximum absolute atomic E-state index is 6.18. The fraction of sp³-hybridized carbons (Fsp3) is 0.375. The van der Waals surface area contributed by atoms with E-state index in [9.17, 15) is 0 Å². The first-order chi connectivity index (χ1) is 12.1. The highest BCUT2D eigenvalue weighted by atomic mass is 35.5. The first kappa shape index (κ1) is 18.0. The van der Waals surface area contributed by atoms with Crippen LogP contribution < -0.4 is 10.6 Å². The van der Waals surface area contributed by atoms with Gasteiger partial charge in [0, 0.05) is 36.7 Å². The fourth-order valence-electron chi connectivity index (χ4n) is 2.23. The minimum absolute atomic E-state index is 0.509. The standard InChI is InChI=1S/C16H19ClN6S2/c1-10-21-12(8-24-10)3-5-18-15-14(17)7-20-16(23-15)19-6-4-13-9-25-11(2)22-13/h7-9H,3-6H2,1-2H3,(H2,18,19,20,23). The van der Waals surface area contributed by atoms with Crippen molar-refractivity contribution in [2.75, 3.05) is 23.7 Å². The van der Waals surface area contributed by atoms with Gasteiger partial charge < -0.3 is 10.6 Å². The molecule has 0 radical (unpaired) electrons. The topological polar surface area (TPSA) is 75.6 Å². The Kier molecular flexibility index (Phi) is 6.17. The monoisotopic (exact) mass is 394 g/mol. The average molecular weight is 395 g/mol. The normalized spacial score (nSPS) is 10.8. The molecular formula is C16H19ClN6S2.